The number of carbonyl (C=O) groups is 2. The molecule has 0 aliphatic carbocycles. The number of hydrogen-bond acceptors (Lipinski definition) is 5. The van der Waals surface area contributed by atoms with Crippen molar-refractivity contribution in [3.8, 4) is 0 Å². The second-order valence-corrected chi connectivity index (χ2v) is 6.89. The number of para-hydroxylation sites is 1. The number of ether oxygens (including phenoxy) is 2. The molecule has 26 heavy (non-hydrogen) atoms. The summed E-state index contributed by atoms with van der Waals surface area (Å²) < 4.78 is 16.3. The number of furan rings is 1. The number of piperidine rings is 1. The second-order valence-electron chi connectivity index (χ2n) is 6.89. The summed E-state index contributed by atoms with van der Waals surface area (Å²) in [6.07, 6.45) is 1.11. The fourth-order valence-corrected chi connectivity index (χ4v) is 3.30. The Morgan fingerprint density at radius 1 is 1.27 bits per heavy atom. The van der Waals surface area contributed by atoms with Gasteiger partial charge in [0.25, 0.3) is 5.91 Å². The third-order valence-corrected chi connectivity index (χ3v) is 4.90. The number of benzene rings is 1. The fourth-order valence-electron chi connectivity index (χ4n) is 3.30. The third kappa shape index (κ3) is 3.75. The first-order chi connectivity index (χ1) is 12.5. The maximum atomic E-state index is 12.6. The molecular formula is C20H25NO5. The average molecular weight is 359 g/mol. The maximum absolute atomic E-state index is 12.6. The molecule has 1 unspecified atom stereocenters. The van der Waals surface area contributed by atoms with E-state index >= 15 is 0 Å². The SMILES string of the molecule is COCc1c(C(=O)OC(C)C(=O)N2CCC(C)CC2)oc2ccccc12. The zero-order valence-corrected chi connectivity index (χ0v) is 15.5. The van der Waals surface area contributed by atoms with Gasteiger partial charge in [-0.15, -0.1) is 0 Å². The van der Waals surface area contributed by atoms with Crippen LogP contribution >= 0.6 is 0 Å². The standard InChI is InChI=1S/C20H25NO5/c1-13-8-10-21(11-9-13)19(22)14(2)25-20(23)18-16(12-24-3)15-6-4-5-7-17(15)26-18/h4-7,13-14H,8-12H2,1-3H3. The van der Waals surface area contributed by atoms with Crippen LogP contribution in [-0.2, 0) is 20.9 Å². The van der Waals surface area contributed by atoms with Crippen molar-refractivity contribution in [1.82, 2.24) is 4.90 Å². The van der Waals surface area contributed by atoms with Crippen LogP contribution in [0.15, 0.2) is 28.7 Å². The van der Waals surface area contributed by atoms with Gasteiger partial charge >= 0.3 is 5.97 Å². The van der Waals surface area contributed by atoms with Crippen molar-refractivity contribution in [3.63, 3.8) is 0 Å². The van der Waals surface area contributed by atoms with Crippen molar-refractivity contribution < 1.29 is 23.5 Å². The Labute approximate surface area is 153 Å². The summed E-state index contributed by atoms with van der Waals surface area (Å²) in [7, 11) is 1.56. The Bertz CT molecular complexity index is 789. The Morgan fingerprint density at radius 3 is 2.65 bits per heavy atom. The van der Waals surface area contributed by atoms with Crippen molar-refractivity contribution in [1.29, 1.82) is 0 Å². The van der Waals surface area contributed by atoms with Gasteiger partial charge in [-0.05, 0) is 31.7 Å². The molecule has 1 aromatic carbocycles. The summed E-state index contributed by atoms with van der Waals surface area (Å²) in [6, 6.07) is 7.36. The average Bonchev–Trinajstić information content (AvgIpc) is 3.01. The van der Waals surface area contributed by atoms with Crippen molar-refractivity contribution in [3.05, 3.63) is 35.6 Å². The van der Waals surface area contributed by atoms with Crippen LogP contribution in [0.2, 0.25) is 0 Å². The number of likely N-dealkylation sites (tertiary alicyclic amines) is 1. The molecule has 2 heterocycles. The van der Waals surface area contributed by atoms with Crippen molar-refractivity contribution in [2.45, 2.75) is 39.4 Å². The molecule has 3 rings (SSSR count). The topological polar surface area (TPSA) is 69.0 Å². The maximum Gasteiger partial charge on any atom is 0.375 e. The van der Waals surface area contributed by atoms with E-state index in [1.54, 1.807) is 25.0 Å². The molecule has 6 heteroatoms. The van der Waals surface area contributed by atoms with Gasteiger partial charge in [0.05, 0.1) is 6.61 Å². The van der Waals surface area contributed by atoms with Crippen LogP contribution in [0.1, 0.15) is 42.8 Å². The highest BCUT2D eigenvalue weighted by molar-refractivity contribution is 5.97. The first-order valence-corrected chi connectivity index (χ1v) is 9.00. The van der Waals surface area contributed by atoms with Crippen molar-refractivity contribution in [2.75, 3.05) is 20.2 Å². The molecule has 6 nitrogen and oxygen atoms in total. The minimum Gasteiger partial charge on any atom is -0.449 e. The molecule has 1 aliphatic rings. The number of fused-ring (bicyclic) bond motifs is 1. The highest BCUT2D eigenvalue weighted by atomic mass is 16.6. The molecule has 1 fully saturated rings. The number of amides is 1. The Balaban J connectivity index is 1.74. The third-order valence-electron chi connectivity index (χ3n) is 4.90. The van der Waals surface area contributed by atoms with Gasteiger partial charge in [-0.25, -0.2) is 4.79 Å². The van der Waals surface area contributed by atoms with Crippen molar-refractivity contribution >= 4 is 22.8 Å². The van der Waals surface area contributed by atoms with E-state index in [9.17, 15) is 9.59 Å². The van der Waals surface area contributed by atoms with Crippen LogP contribution < -0.4 is 0 Å². The number of rotatable bonds is 5. The summed E-state index contributed by atoms with van der Waals surface area (Å²) in [5.41, 5.74) is 1.23. The smallest absolute Gasteiger partial charge is 0.375 e. The van der Waals surface area contributed by atoms with E-state index in [0.717, 1.165) is 18.2 Å². The molecule has 0 N–H and O–H groups in total. The van der Waals surface area contributed by atoms with Gasteiger partial charge in [0.1, 0.15) is 5.58 Å². The number of nitrogens with zero attached hydrogens (tertiary/aromatic N) is 1. The lowest BCUT2D eigenvalue weighted by Crippen LogP contribution is -2.44. The molecule has 140 valence electrons. The van der Waals surface area contributed by atoms with Gasteiger partial charge in [0.15, 0.2) is 6.10 Å². The molecule has 1 aliphatic heterocycles. The lowest BCUT2D eigenvalue weighted by atomic mass is 9.99. The van der Waals surface area contributed by atoms with E-state index in [4.69, 9.17) is 13.9 Å². The first-order valence-electron chi connectivity index (χ1n) is 9.00. The van der Waals surface area contributed by atoms with Crippen molar-refractivity contribution in [2.24, 2.45) is 5.92 Å². The number of esters is 1. The van der Waals surface area contributed by atoms with Gasteiger partial charge in [-0.2, -0.15) is 0 Å². The zero-order chi connectivity index (χ0) is 18.7. The summed E-state index contributed by atoms with van der Waals surface area (Å²) in [6.45, 7) is 5.44. The molecule has 0 bridgehead atoms. The number of hydrogen-bond donors (Lipinski definition) is 0. The predicted octanol–water partition coefficient (Wildman–Crippen LogP) is 3.38. The predicted molar refractivity (Wildman–Crippen MR) is 96.8 cm³/mol. The van der Waals surface area contributed by atoms with Crippen LogP contribution in [0.25, 0.3) is 11.0 Å². The second kappa shape index (κ2) is 7.91. The minimum atomic E-state index is -0.848. The molecule has 1 amide bonds. The molecule has 2 aromatic rings. The molecular weight excluding hydrogens is 334 g/mol. The van der Waals surface area contributed by atoms with E-state index in [1.807, 2.05) is 18.2 Å². The van der Waals surface area contributed by atoms with Crippen LogP contribution in [0.4, 0.5) is 0 Å². The Kier molecular flexibility index (Phi) is 5.61. The summed E-state index contributed by atoms with van der Waals surface area (Å²) in [5.74, 6) is -0.0712. The molecule has 0 radical (unpaired) electrons. The van der Waals surface area contributed by atoms with Gasteiger partial charge in [-0.1, -0.05) is 25.1 Å². The van der Waals surface area contributed by atoms with Gasteiger partial charge in [-0.3, -0.25) is 4.79 Å². The summed E-state index contributed by atoms with van der Waals surface area (Å²) in [5, 5.41) is 0.810. The zero-order valence-electron chi connectivity index (χ0n) is 15.5. The van der Waals surface area contributed by atoms with Crippen LogP contribution in [0.3, 0.4) is 0 Å². The summed E-state index contributed by atoms with van der Waals surface area (Å²) in [4.78, 5) is 26.9. The van der Waals surface area contributed by atoms with E-state index in [0.29, 0.717) is 30.2 Å². The minimum absolute atomic E-state index is 0.0972. The van der Waals surface area contributed by atoms with Gasteiger partial charge in [0, 0.05) is 31.1 Å². The fraction of sp³-hybridized carbons (Fsp3) is 0.500. The molecule has 0 saturated carbocycles. The normalized spacial score (nSPS) is 16.7. The number of methoxy groups -OCH3 is 1. The monoisotopic (exact) mass is 359 g/mol. The van der Waals surface area contributed by atoms with E-state index in [2.05, 4.69) is 6.92 Å². The van der Waals surface area contributed by atoms with E-state index in [1.165, 1.54) is 0 Å². The van der Waals surface area contributed by atoms with Gasteiger partial charge < -0.3 is 18.8 Å². The molecule has 1 saturated heterocycles. The van der Waals surface area contributed by atoms with Crippen LogP contribution in [0, 0.1) is 5.92 Å². The van der Waals surface area contributed by atoms with E-state index in [-0.39, 0.29) is 18.3 Å². The molecule has 1 atom stereocenters. The lowest BCUT2D eigenvalue weighted by Gasteiger charge is -2.31. The molecule has 1 aromatic heterocycles. The Hall–Kier alpha value is -2.34. The lowest BCUT2D eigenvalue weighted by molar-refractivity contribution is -0.141. The highest BCUT2D eigenvalue weighted by Crippen LogP contribution is 2.27. The van der Waals surface area contributed by atoms with E-state index < -0.39 is 12.1 Å². The van der Waals surface area contributed by atoms with Crippen LogP contribution in [-0.4, -0.2) is 43.1 Å². The Morgan fingerprint density at radius 2 is 1.96 bits per heavy atom. The highest BCUT2D eigenvalue weighted by Gasteiger charge is 2.29. The number of carbonyl (C=O) groups excluding carboxylic acids is 2. The summed E-state index contributed by atoms with van der Waals surface area (Å²) >= 11 is 0. The molecule has 0 spiro atoms. The van der Waals surface area contributed by atoms with Crippen LogP contribution in [0.5, 0.6) is 0 Å². The largest absolute Gasteiger partial charge is 0.449 e. The quantitative estimate of drug-likeness (QED) is 0.766. The first kappa shape index (κ1) is 18.5. The van der Waals surface area contributed by atoms with Gasteiger partial charge in [0.2, 0.25) is 5.76 Å².